The van der Waals surface area contributed by atoms with Gasteiger partial charge in [-0.1, -0.05) is 6.92 Å². The van der Waals surface area contributed by atoms with E-state index in [1.165, 1.54) is 0 Å². The quantitative estimate of drug-likeness (QED) is 0.903. The predicted octanol–water partition coefficient (Wildman–Crippen LogP) is 3.41. The second-order valence-corrected chi connectivity index (χ2v) is 6.32. The van der Waals surface area contributed by atoms with Crippen LogP contribution >= 0.6 is 0 Å². The van der Waals surface area contributed by atoms with E-state index in [0.29, 0.717) is 12.5 Å². The molecule has 1 aliphatic rings. The number of nitrogens with zero attached hydrogens (tertiary/aromatic N) is 1. The Morgan fingerprint density at radius 3 is 2.38 bits per heavy atom. The number of carbonyl (C=O) groups is 1. The van der Waals surface area contributed by atoms with E-state index in [2.05, 4.69) is 6.92 Å². The SMILES string of the molecule is COc1ccc(N(C)CC2(C(=O)O)CCC(C)CC2)cc1. The fourth-order valence-corrected chi connectivity index (χ4v) is 3.14. The molecule has 0 saturated heterocycles. The van der Waals surface area contributed by atoms with Gasteiger partial charge in [-0.05, 0) is 55.9 Å². The summed E-state index contributed by atoms with van der Waals surface area (Å²) >= 11 is 0. The number of carboxylic acid groups (broad SMARTS) is 1. The topological polar surface area (TPSA) is 49.8 Å². The highest BCUT2D eigenvalue weighted by molar-refractivity contribution is 5.76. The molecule has 0 aliphatic heterocycles. The first-order chi connectivity index (χ1) is 9.97. The normalized spacial score (nSPS) is 25.4. The number of carboxylic acids is 1. The number of anilines is 1. The van der Waals surface area contributed by atoms with E-state index in [9.17, 15) is 9.90 Å². The molecule has 0 spiro atoms. The Labute approximate surface area is 126 Å². The van der Waals surface area contributed by atoms with Gasteiger partial charge in [-0.2, -0.15) is 0 Å². The van der Waals surface area contributed by atoms with Crippen LogP contribution in [0.1, 0.15) is 32.6 Å². The smallest absolute Gasteiger partial charge is 0.311 e. The first-order valence-electron chi connectivity index (χ1n) is 7.55. The molecule has 0 heterocycles. The number of methoxy groups -OCH3 is 1. The summed E-state index contributed by atoms with van der Waals surface area (Å²) in [7, 11) is 3.60. The molecule has 0 aromatic heterocycles. The molecular formula is C17H25NO3. The van der Waals surface area contributed by atoms with Crippen molar-refractivity contribution in [3.05, 3.63) is 24.3 Å². The lowest BCUT2D eigenvalue weighted by molar-refractivity contribution is -0.150. The van der Waals surface area contributed by atoms with Gasteiger partial charge in [0.25, 0.3) is 0 Å². The molecular weight excluding hydrogens is 266 g/mol. The fourth-order valence-electron chi connectivity index (χ4n) is 3.14. The zero-order chi connectivity index (χ0) is 15.5. The van der Waals surface area contributed by atoms with Gasteiger partial charge in [0.1, 0.15) is 5.75 Å². The van der Waals surface area contributed by atoms with Gasteiger partial charge in [0, 0.05) is 19.3 Å². The molecule has 1 aromatic carbocycles. The Balaban J connectivity index is 2.10. The fraction of sp³-hybridized carbons (Fsp3) is 0.588. The molecule has 0 amide bonds. The lowest BCUT2D eigenvalue weighted by Gasteiger charge is -2.39. The average Bonchev–Trinajstić information content (AvgIpc) is 2.49. The molecule has 2 rings (SSSR count). The van der Waals surface area contributed by atoms with Crippen molar-refractivity contribution in [2.24, 2.45) is 11.3 Å². The maximum atomic E-state index is 11.8. The molecule has 0 bridgehead atoms. The summed E-state index contributed by atoms with van der Waals surface area (Å²) in [5.74, 6) is 0.796. The summed E-state index contributed by atoms with van der Waals surface area (Å²) in [6.07, 6.45) is 3.54. The second-order valence-electron chi connectivity index (χ2n) is 6.32. The van der Waals surface area contributed by atoms with E-state index in [4.69, 9.17) is 4.74 Å². The number of benzene rings is 1. The zero-order valence-corrected chi connectivity index (χ0v) is 13.1. The minimum atomic E-state index is -0.658. The van der Waals surface area contributed by atoms with Crippen molar-refractivity contribution in [3.8, 4) is 5.75 Å². The summed E-state index contributed by atoms with van der Waals surface area (Å²) in [6, 6.07) is 7.75. The van der Waals surface area contributed by atoms with Crippen LogP contribution in [0.15, 0.2) is 24.3 Å². The molecule has 21 heavy (non-hydrogen) atoms. The van der Waals surface area contributed by atoms with Crippen molar-refractivity contribution < 1.29 is 14.6 Å². The number of hydrogen-bond acceptors (Lipinski definition) is 3. The van der Waals surface area contributed by atoms with E-state index in [1.54, 1.807) is 7.11 Å². The van der Waals surface area contributed by atoms with E-state index in [0.717, 1.165) is 37.1 Å². The second kappa shape index (κ2) is 6.37. The molecule has 4 nitrogen and oxygen atoms in total. The van der Waals surface area contributed by atoms with Crippen LogP contribution < -0.4 is 9.64 Å². The molecule has 1 aromatic rings. The van der Waals surface area contributed by atoms with E-state index >= 15 is 0 Å². The van der Waals surface area contributed by atoms with Crippen molar-refractivity contribution >= 4 is 11.7 Å². The molecule has 0 atom stereocenters. The van der Waals surface area contributed by atoms with E-state index in [-0.39, 0.29) is 0 Å². The summed E-state index contributed by atoms with van der Waals surface area (Å²) in [6.45, 7) is 2.76. The predicted molar refractivity (Wildman–Crippen MR) is 84.0 cm³/mol. The maximum absolute atomic E-state index is 11.8. The van der Waals surface area contributed by atoms with Gasteiger partial charge in [0.2, 0.25) is 0 Å². The minimum Gasteiger partial charge on any atom is -0.497 e. The van der Waals surface area contributed by atoms with Gasteiger partial charge < -0.3 is 14.7 Å². The summed E-state index contributed by atoms with van der Waals surface area (Å²) in [4.78, 5) is 13.8. The molecule has 4 heteroatoms. The van der Waals surface area contributed by atoms with Gasteiger partial charge in [-0.15, -0.1) is 0 Å². The molecule has 0 radical (unpaired) electrons. The molecule has 1 saturated carbocycles. The standard InChI is InChI=1S/C17H25NO3/c1-13-8-10-17(11-9-13,16(19)20)12-18(2)14-4-6-15(21-3)7-5-14/h4-7,13H,8-12H2,1-3H3,(H,19,20). The monoisotopic (exact) mass is 291 g/mol. The first-order valence-corrected chi connectivity index (χ1v) is 7.55. The highest BCUT2D eigenvalue weighted by Gasteiger charge is 2.42. The van der Waals surface area contributed by atoms with Crippen molar-refractivity contribution in [1.82, 2.24) is 0 Å². The third-order valence-corrected chi connectivity index (χ3v) is 4.74. The van der Waals surface area contributed by atoms with Crippen molar-refractivity contribution in [2.75, 3.05) is 25.6 Å². The number of rotatable bonds is 5. The van der Waals surface area contributed by atoms with E-state index < -0.39 is 11.4 Å². The van der Waals surface area contributed by atoms with E-state index in [1.807, 2.05) is 36.2 Å². The molecule has 0 unspecified atom stereocenters. The number of ether oxygens (including phenoxy) is 1. The Bertz CT molecular complexity index is 475. The van der Waals surface area contributed by atoms with Gasteiger partial charge in [0.05, 0.1) is 12.5 Å². The average molecular weight is 291 g/mol. The summed E-state index contributed by atoms with van der Waals surface area (Å²) in [5, 5.41) is 9.71. The highest BCUT2D eigenvalue weighted by Crippen LogP contribution is 2.40. The molecule has 1 aliphatic carbocycles. The van der Waals surface area contributed by atoms with Crippen LogP contribution in [-0.4, -0.2) is 31.8 Å². The van der Waals surface area contributed by atoms with Gasteiger partial charge in [-0.25, -0.2) is 0 Å². The van der Waals surface area contributed by atoms with Crippen molar-refractivity contribution in [1.29, 1.82) is 0 Å². The number of hydrogen-bond donors (Lipinski definition) is 1. The van der Waals surface area contributed by atoms with Crippen LogP contribution in [0, 0.1) is 11.3 Å². The Hall–Kier alpha value is -1.71. The van der Waals surface area contributed by atoms with Gasteiger partial charge >= 0.3 is 5.97 Å². The maximum Gasteiger partial charge on any atom is 0.311 e. The van der Waals surface area contributed by atoms with Gasteiger partial charge in [0.15, 0.2) is 0 Å². The van der Waals surface area contributed by atoms with Crippen molar-refractivity contribution in [2.45, 2.75) is 32.6 Å². The van der Waals surface area contributed by atoms with Crippen LogP contribution in [0.5, 0.6) is 5.75 Å². The molecule has 1 N–H and O–H groups in total. The van der Waals surface area contributed by atoms with Crippen LogP contribution in [0.3, 0.4) is 0 Å². The molecule has 1 fully saturated rings. The van der Waals surface area contributed by atoms with Crippen LogP contribution in [0.4, 0.5) is 5.69 Å². The Morgan fingerprint density at radius 2 is 1.90 bits per heavy atom. The van der Waals surface area contributed by atoms with Crippen LogP contribution in [0.25, 0.3) is 0 Å². The van der Waals surface area contributed by atoms with Crippen LogP contribution in [0.2, 0.25) is 0 Å². The van der Waals surface area contributed by atoms with Crippen molar-refractivity contribution in [3.63, 3.8) is 0 Å². The minimum absolute atomic E-state index is 0.557. The van der Waals surface area contributed by atoms with Crippen LogP contribution in [-0.2, 0) is 4.79 Å². The Kier molecular flexibility index (Phi) is 4.76. The van der Waals surface area contributed by atoms with Gasteiger partial charge in [-0.3, -0.25) is 4.79 Å². The lowest BCUT2D eigenvalue weighted by Crippen LogP contribution is -2.44. The zero-order valence-electron chi connectivity index (χ0n) is 13.1. The summed E-state index contributed by atoms with van der Waals surface area (Å²) in [5.41, 5.74) is 0.413. The third kappa shape index (κ3) is 3.49. The number of aliphatic carboxylic acids is 1. The lowest BCUT2D eigenvalue weighted by atomic mass is 9.70. The first kappa shape index (κ1) is 15.7. The highest BCUT2D eigenvalue weighted by atomic mass is 16.5. The largest absolute Gasteiger partial charge is 0.497 e. The Morgan fingerprint density at radius 1 is 1.33 bits per heavy atom. The summed E-state index contributed by atoms with van der Waals surface area (Å²) < 4.78 is 5.16. The third-order valence-electron chi connectivity index (χ3n) is 4.74. The molecule has 116 valence electrons.